The average molecular weight is 417 g/mol. The van der Waals surface area contributed by atoms with E-state index in [9.17, 15) is 14.4 Å². The summed E-state index contributed by atoms with van der Waals surface area (Å²) in [6.07, 6.45) is 0. The molecule has 0 unspecified atom stereocenters. The molecule has 1 aromatic heterocycles. The van der Waals surface area contributed by atoms with E-state index in [1.54, 1.807) is 42.5 Å². The summed E-state index contributed by atoms with van der Waals surface area (Å²) in [5.74, 6) is -0.781. The fraction of sp³-hybridized carbons (Fsp3) is 0.0556. The Bertz CT molecular complexity index is 1060. The molecule has 0 fully saturated rings. The SMILES string of the molecule is COc1ccc2cc(C(=O)NNC(=O)c3ccccc3Br)c(=O)oc2c1. The van der Waals surface area contributed by atoms with Gasteiger partial charge in [0.05, 0.1) is 12.7 Å². The maximum absolute atomic E-state index is 12.2. The number of methoxy groups -OCH3 is 1. The third-order valence-electron chi connectivity index (χ3n) is 3.60. The lowest BCUT2D eigenvalue weighted by Crippen LogP contribution is -2.43. The minimum absolute atomic E-state index is 0.227. The number of nitrogens with one attached hydrogen (secondary N) is 2. The number of rotatable bonds is 3. The first-order valence-corrected chi connectivity index (χ1v) is 8.26. The topological polar surface area (TPSA) is 97.6 Å². The zero-order valence-corrected chi connectivity index (χ0v) is 15.1. The monoisotopic (exact) mass is 416 g/mol. The molecule has 26 heavy (non-hydrogen) atoms. The first-order valence-electron chi connectivity index (χ1n) is 7.46. The van der Waals surface area contributed by atoms with Gasteiger partial charge in [-0.05, 0) is 46.3 Å². The lowest BCUT2D eigenvalue weighted by atomic mass is 10.1. The number of fused-ring (bicyclic) bond motifs is 1. The predicted molar refractivity (Wildman–Crippen MR) is 98.1 cm³/mol. The summed E-state index contributed by atoms with van der Waals surface area (Å²) in [4.78, 5) is 36.4. The molecule has 2 N–H and O–H groups in total. The fourth-order valence-electron chi connectivity index (χ4n) is 2.27. The van der Waals surface area contributed by atoms with E-state index >= 15 is 0 Å². The van der Waals surface area contributed by atoms with E-state index in [-0.39, 0.29) is 5.56 Å². The van der Waals surface area contributed by atoms with Gasteiger partial charge in [0.25, 0.3) is 11.8 Å². The van der Waals surface area contributed by atoms with Crippen molar-refractivity contribution < 1.29 is 18.7 Å². The van der Waals surface area contributed by atoms with Gasteiger partial charge in [-0.3, -0.25) is 20.4 Å². The molecule has 0 aliphatic rings. The molecule has 0 bridgehead atoms. The number of hydrogen-bond donors (Lipinski definition) is 2. The highest BCUT2D eigenvalue weighted by atomic mass is 79.9. The van der Waals surface area contributed by atoms with Crippen molar-refractivity contribution in [3.05, 3.63) is 74.6 Å². The standard InChI is InChI=1S/C18H13BrN2O5/c1-25-11-7-6-10-8-13(18(24)26-15(10)9-11)17(23)21-20-16(22)12-4-2-3-5-14(12)19/h2-9H,1H3,(H,20,22)(H,21,23). The maximum atomic E-state index is 12.2. The zero-order valence-electron chi connectivity index (χ0n) is 13.5. The van der Waals surface area contributed by atoms with E-state index in [0.29, 0.717) is 26.8 Å². The molecular formula is C18H13BrN2O5. The number of halogens is 1. The largest absolute Gasteiger partial charge is 0.497 e. The molecule has 0 saturated heterocycles. The van der Waals surface area contributed by atoms with Crippen molar-refractivity contribution in [3.63, 3.8) is 0 Å². The highest BCUT2D eigenvalue weighted by Crippen LogP contribution is 2.20. The third kappa shape index (κ3) is 3.60. The van der Waals surface area contributed by atoms with Gasteiger partial charge >= 0.3 is 5.63 Å². The second-order valence-corrected chi connectivity index (χ2v) is 6.09. The van der Waals surface area contributed by atoms with E-state index < -0.39 is 17.4 Å². The summed E-state index contributed by atoms with van der Waals surface area (Å²) in [5.41, 5.74) is 4.06. The number of hydrogen-bond acceptors (Lipinski definition) is 5. The number of hydrazine groups is 1. The van der Waals surface area contributed by atoms with Crippen LogP contribution in [0.2, 0.25) is 0 Å². The zero-order chi connectivity index (χ0) is 18.7. The van der Waals surface area contributed by atoms with Gasteiger partial charge in [0.1, 0.15) is 16.9 Å². The number of ether oxygens (including phenoxy) is 1. The third-order valence-corrected chi connectivity index (χ3v) is 4.29. The summed E-state index contributed by atoms with van der Waals surface area (Å²) in [6.45, 7) is 0. The summed E-state index contributed by atoms with van der Waals surface area (Å²) in [7, 11) is 1.49. The molecule has 2 amide bonds. The second kappa shape index (κ2) is 7.40. The van der Waals surface area contributed by atoms with E-state index in [1.807, 2.05) is 0 Å². The van der Waals surface area contributed by atoms with Crippen molar-refractivity contribution in [2.24, 2.45) is 0 Å². The van der Waals surface area contributed by atoms with Gasteiger partial charge in [-0.15, -0.1) is 0 Å². The van der Waals surface area contributed by atoms with E-state index in [4.69, 9.17) is 9.15 Å². The summed E-state index contributed by atoms with van der Waals surface area (Å²) in [6, 6.07) is 13.0. The molecule has 0 spiro atoms. The number of benzene rings is 2. The molecule has 0 saturated carbocycles. The quantitative estimate of drug-likeness (QED) is 0.505. The number of carbonyl (C=O) groups excluding carboxylic acids is 2. The second-order valence-electron chi connectivity index (χ2n) is 5.24. The Morgan fingerprint density at radius 1 is 1.00 bits per heavy atom. The van der Waals surface area contributed by atoms with Crippen LogP contribution in [0.1, 0.15) is 20.7 Å². The molecule has 3 rings (SSSR count). The van der Waals surface area contributed by atoms with Gasteiger partial charge in [-0.25, -0.2) is 4.79 Å². The van der Waals surface area contributed by atoms with Gasteiger partial charge in [0.15, 0.2) is 0 Å². The molecule has 0 aliphatic carbocycles. The van der Waals surface area contributed by atoms with E-state index in [1.165, 1.54) is 13.2 Å². The summed E-state index contributed by atoms with van der Waals surface area (Å²) >= 11 is 3.25. The van der Waals surface area contributed by atoms with Gasteiger partial charge in [-0.1, -0.05) is 12.1 Å². The number of carbonyl (C=O) groups is 2. The molecule has 0 atom stereocenters. The van der Waals surface area contributed by atoms with E-state index in [0.717, 1.165) is 0 Å². The normalized spacial score (nSPS) is 10.4. The van der Waals surface area contributed by atoms with Crippen LogP contribution in [-0.2, 0) is 0 Å². The Hall–Kier alpha value is -3.13. The van der Waals surface area contributed by atoms with Crippen molar-refractivity contribution in [2.45, 2.75) is 0 Å². The lowest BCUT2D eigenvalue weighted by molar-refractivity contribution is 0.0844. The minimum Gasteiger partial charge on any atom is -0.497 e. The fourth-order valence-corrected chi connectivity index (χ4v) is 2.74. The molecule has 7 nitrogen and oxygen atoms in total. The van der Waals surface area contributed by atoms with Crippen LogP contribution in [0.25, 0.3) is 11.0 Å². The van der Waals surface area contributed by atoms with E-state index in [2.05, 4.69) is 26.8 Å². The first-order chi connectivity index (χ1) is 12.5. The molecule has 2 aromatic carbocycles. The van der Waals surface area contributed by atoms with Crippen LogP contribution in [0.3, 0.4) is 0 Å². The van der Waals surface area contributed by atoms with Crippen LogP contribution < -0.4 is 21.2 Å². The molecule has 1 heterocycles. The van der Waals surface area contributed by atoms with Crippen molar-refractivity contribution >= 4 is 38.7 Å². The van der Waals surface area contributed by atoms with Crippen molar-refractivity contribution in [1.29, 1.82) is 0 Å². The van der Waals surface area contributed by atoms with Crippen molar-refractivity contribution in [2.75, 3.05) is 7.11 Å². The maximum Gasteiger partial charge on any atom is 0.349 e. The van der Waals surface area contributed by atoms with Crippen LogP contribution in [0.15, 0.2) is 62.2 Å². The Labute approximate surface area is 156 Å². The van der Waals surface area contributed by atoms with Crippen LogP contribution in [0, 0.1) is 0 Å². The van der Waals surface area contributed by atoms with Gasteiger partial charge < -0.3 is 9.15 Å². The number of amides is 2. The molecular weight excluding hydrogens is 404 g/mol. The van der Waals surface area contributed by atoms with Crippen molar-refractivity contribution in [3.8, 4) is 5.75 Å². The Morgan fingerprint density at radius 2 is 1.69 bits per heavy atom. The predicted octanol–water partition coefficient (Wildman–Crippen LogP) is 2.64. The van der Waals surface area contributed by atoms with Crippen LogP contribution >= 0.6 is 15.9 Å². The highest BCUT2D eigenvalue weighted by molar-refractivity contribution is 9.10. The minimum atomic E-state index is -0.821. The molecule has 3 aromatic rings. The first kappa shape index (κ1) is 17.7. The molecule has 8 heteroatoms. The Kier molecular flexibility index (Phi) is 5.04. The molecule has 0 aliphatic heterocycles. The van der Waals surface area contributed by atoms with Gasteiger partial charge in [-0.2, -0.15) is 0 Å². The summed E-state index contributed by atoms with van der Waals surface area (Å²) < 4.78 is 10.8. The Morgan fingerprint density at radius 3 is 2.38 bits per heavy atom. The lowest BCUT2D eigenvalue weighted by Gasteiger charge is -2.08. The van der Waals surface area contributed by atoms with Crippen LogP contribution in [0.5, 0.6) is 5.75 Å². The Balaban J connectivity index is 1.79. The highest BCUT2D eigenvalue weighted by Gasteiger charge is 2.16. The van der Waals surface area contributed by atoms with Crippen LogP contribution in [0.4, 0.5) is 0 Å². The van der Waals surface area contributed by atoms with Crippen LogP contribution in [-0.4, -0.2) is 18.9 Å². The molecule has 132 valence electrons. The average Bonchev–Trinajstić information content (AvgIpc) is 2.65. The van der Waals surface area contributed by atoms with Gasteiger partial charge in [0, 0.05) is 15.9 Å². The van der Waals surface area contributed by atoms with Crippen molar-refractivity contribution in [1.82, 2.24) is 10.9 Å². The summed E-state index contributed by atoms with van der Waals surface area (Å²) in [5, 5.41) is 0.549. The smallest absolute Gasteiger partial charge is 0.349 e. The van der Waals surface area contributed by atoms with Gasteiger partial charge in [0.2, 0.25) is 0 Å². The molecule has 0 radical (unpaired) electrons.